The number of hydrogen-bond donors (Lipinski definition) is 1. The summed E-state index contributed by atoms with van der Waals surface area (Å²) in [5, 5.41) is 10.5. The molecule has 0 fully saturated rings. The molecule has 112 valence electrons. The van der Waals surface area contributed by atoms with Gasteiger partial charge in [-0.2, -0.15) is 0 Å². The van der Waals surface area contributed by atoms with E-state index in [1.54, 1.807) is 0 Å². The van der Waals surface area contributed by atoms with Crippen LogP contribution in [-0.2, 0) is 0 Å². The second-order valence-corrected chi connectivity index (χ2v) is 5.74. The van der Waals surface area contributed by atoms with Crippen LogP contribution in [0, 0.1) is 20.8 Å². The van der Waals surface area contributed by atoms with Crippen LogP contribution in [0.25, 0.3) is 0 Å². The molecule has 2 rings (SSSR count). The molecule has 2 nitrogen and oxygen atoms in total. The number of aryl methyl sites for hydroxylation is 3. The SMILES string of the molecule is CCN(CC(O)c1ccc(C)c(C)c1)c1cccc(C)c1. The van der Waals surface area contributed by atoms with E-state index in [0.717, 1.165) is 12.1 Å². The Labute approximate surface area is 128 Å². The number of aliphatic hydroxyl groups excluding tert-OH is 1. The van der Waals surface area contributed by atoms with Gasteiger partial charge in [0.25, 0.3) is 0 Å². The van der Waals surface area contributed by atoms with Gasteiger partial charge in [-0.3, -0.25) is 0 Å². The van der Waals surface area contributed by atoms with Gasteiger partial charge in [-0.25, -0.2) is 0 Å². The first-order chi connectivity index (χ1) is 10.0. The number of rotatable bonds is 5. The van der Waals surface area contributed by atoms with Gasteiger partial charge in [0.2, 0.25) is 0 Å². The highest BCUT2D eigenvalue weighted by molar-refractivity contribution is 5.48. The van der Waals surface area contributed by atoms with Gasteiger partial charge in [-0.15, -0.1) is 0 Å². The molecule has 0 bridgehead atoms. The maximum Gasteiger partial charge on any atom is 0.0964 e. The van der Waals surface area contributed by atoms with E-state index in [1.165, 1.54) is 22.4 Å². The standard InChI is InChI=1S/C19H25NO/c1-5-20(18-8-6-7-14(2)11-18)13-19(21)17-10-9-15(3)16(4)12-17/h6-12,19,21H,5,13H2,1-4H3. The van der Waals surface area contributed by atoms with Crippen LogP contribution >= 0.6 is 0 Å². The molecule has 0 amide bonds. The van der Waals surface area contributed by atoms with Gasteiger partial charge >= 0.3 is 0 Å². The topological polar surface area (TPSA) is 23.5 Å². The summed E-state index contributed by atoms with van der Waals surface area (Å²) in [4.78, 5) is 2.22. The summed E-state index contributed by atoms with van der Waals surface area (Å²) in [7, 11) is 0. The van der Waals surface area contributed by atoms with Crippen LogP contribution in [0.1, 0.15) is 35.3 Å². The van der Waals surface area contributed by atoms with Crippen LogP contribution in [0.2, 0.25) is 0 Å². The summed E-state index contributed by atoms with van der Waals surface area (Å²) in [5.41, 5.74) is 5.89. The molecule has 0 aliphatic heterocycles. The summed E-state index contributed by atoms with van der Waals surface area (Å²) in [6.07, 6.45) is -0.468. The van der Waals surface area contributed by atoms with E-state index >= 15 is 0 Å². The Kier molecular flexibility index (Phi) is 5.03. The first-order valence-electron chi connectivity index (χ1n) is 7.58. The van der Waals surface area contributed by atoms with Crippen molar-refractivity contribution < 1.29 is 5.11 Å². The minimum atomic E-state index is -0.468. The number of hydrogen-bond acceptors (Lipinski definition) is 2. The molecule has 1 unspecified atom stereocenters. The van der Waals surface area contributed by atoms with E-state index in [4.69, 9.17) is 0 Å². The molecule has 0 heterocycles. The fourth-order valence-corrected chi connectivity index (χ4v) is 2.53. The lowest BCUT2D eigenvalue weighted by Gasteiger charge is -2.26. The zero-order valence-electron chi connectivity index (χ0n) is 13.4. The summed E-state index contributed by atoms with van der Waals surface area (Å²) >= 11 is 0. The Morgan fingerprint density at radius 3 is 2.38 bits per heavy atom. The zero-order chi connectivity index (χ0) is 15.4. The number of anilines is 1. The van der Waals surface area contributed by atoms with Gasteiger partial charge in [0.1, 0.15) is 0 Å². The van der Waals surface area contributed by atoms with E-state index < -0.39 is 6.10 Å². The first-order valence-corrected chi connectivity index (χ1v) is 7.58. The third kappa shape index (κ3) is 3.85. The van der Waals surface area contributed by atoms with Crippen molar-refractivity contribution >= 4 is 5.69 Å². The fourth-order valence-electron chi connectivity index (χ4n) is 2.53. The van der Waals surface area contributed by atoms with Gasteiger partial charge in [-0.05, 0) is 62.1 Å². The minimum absolute atomic E-state index is 0.468. The predicted molar refractivity (Wildman–Crippen MR) is 89.9 cm³/mol. The summed E-state index contributed by atoms with van der Waals surface area (Å²) < 4.78 is 0. The zero-order valence-corrected chi connectivity index (χ0v) is 13.4. The predicted octanol–water partition coefficient (Wildman–Crippen LogP) is 4.17. The second-order valence-electron chi connectivity index (χ2n) is 5.74. The molecule has 0 aliphatic carbocycles. The van der Waals surface area contributed by atoms with E-state index in [0.29, 0.717) is 6.54 Å². The molecule has 1 N–H and O–H groups in total. The highest BCUT2D eigenvalue weighted by atomic mass is 16.3. The van der Waals surface area contributed by atoms with Crippen LogP contribution in [0.5, 0.6) is 0 Å². The molecule has 1 atom stereocenters. The smallest absolute Gasteiger partial charge is 0.0964 e. The first kappa shape index (κ1) is 15.6. The number of benzene rings is 2. The summed E-state index contributed by atoms with van der Waals surface area (Å²) in [6.45, 7) is 9.89. The Morgan fingerprint density at radius 1 is 1.00 bits per heavy atom. The molecule has 2 aromatic carbocycles. The van der Waals surface area contributed by atoms with Crippen LogP contribution in [0.4, 0.5) is 5.69 Å². The molecule has 2 aromatic rings. The number of aliphatic hydroxyl groups is 1. The van der Waals surface area contributed by atoms with Gasteiger partial charge in [-0.1, -0.05) is 30.3 Å². The van der Waals surface area contributed by atoms with Gasteiger partial charge < -0.3 is 10.0 Å². The quantitative estimate of drug-likeness (QED) is 0.890. The largest absolute Gasteiger partial charge is 0.387 e. The van der Waals surface area contributed by atoms with Crippen molar-refractivity contribution in [1.29, 1.82) is 0 Å². The van der Waals surface area contributed by atoms with Crippen LogP contribution < -0.4 is 4.90 Å². The summed E-state index contributed by atoms with van der Waals surface area (Å²) in [6, 6.07) is 14.6. The van der Waals surface area contributed by atoms with Crippen LogP contribution in [0.3, 0.4) is 0 Å². The number of nitrogens with zero attached hydrogens (tertiary/aromatic N) is 1. The lowest BCUT2D eigenvalue weighted by atomic mass is 10.0. The van der Waals surface area contributed by atoms with Gasteiger partial charge in [0, 0.05) is 18.8 Å². The highest BCUT2D eigenvalue weighted by Gasteiger charge is 2.13. The van der Waals surface area contributed by atoms with Crippen molar-refractivity contribution in [1.82, 2.24) is 0 Å². The molecule has 0 aromatic heterocycles. The molecular formula is C19H25NO. The lowest BCUT2D eigenvalue weighted by Crippen LogP contribution is -2.28. The normalized spacial score (nSPS) is 12.2. The summed E-state index contributed by atoms with van der Waals surface area (Å²) in [5.74, 6) is 0. The Balaban J connectivity index is 2.16. The average molecular weight is 283 g/mol. The Hall–Kier alpha value is -1.80. The third-order valence-electron chi connectivity index (χ3n) is 4.06. The van der Waals surface area contributed by atoms with E-state index in [2.05, 4.69) is 69.0 Å². The van der Waals surface area contributed by atoms with E-state index in [9.17, 15) is 5.11 Å². The fraction of sp³-hybridized carbons (Fsp3) is 0.368. The van der Waals surface area contributed by atoms with Gasteiger partial charge in [0.05, 0.1) is 6.10 Å². The lowest BCUT2D eigenvalue weighted by molar-refractivity contribution is 0.183. The highest BCUT2D eigenvalue weighted by Crippen LogP contribution is 2.22. The van der Waals surface area contributed by atoms with Gasteiger partial charge in [0.15, 0.2) is 0 Å². The van der Waals surface area contributed by atoms with E-state index in [-0.39, 0.29) is 0 Å². The Morgan fingerprint density at radius 2 is 1.76 bits per heavy atom. The molecule has 21 heavy (non-hydrogen) atoms. The van der Waals surface area contributed by atoms with Crippen molar-refractivity contribution in [3.63, 3.8) is 0 Å². The van der Waals surface area contributed by atoms with Crippen molar-refractivity contribution in [2.75, 3.05) is 18.0 Å². The molecule has 0 saturated carbocycles. The average Bonchev–Trinajstić information content (AvgIpc) is 2.47. The van der Waals surface area contributed by atoms with E-state index in [1.807, 2.05) is 6.07 Å². The molecule has 0 spiro atoms. The molecular weight excluding hydrogens is 258 g/mol. The van der Waals surface area contributed by atoms with Crippen molar-refractivity contribution in [3.05, 3.63) is 64.7 Å². The molecule has 0 radical (unpaired) electrons. The monoisotopic (exact) mass is 283 g/mol. The Bertz CT molecular complexity index is 606. The third-order valence-corrected chi connectivity index (χ3v) is 4.06. The molecule has 2 heteroatoms. The van der Waals surface area contributed by atoms with Crippen molar-refractivity contribution in [2.24, 2.45) is 0 Å². The minimum Gasteiger partial charge on any atom is -0.387 e. The van der Waals surface area contributed by atoms with Crippen molar-refractivity contribution in [2.45, 2.75) is 33.8 Å². The van der Waals surface area contributed by atoms with Crippen LogP contribution in [-0.4, -0.2) is 18.2 Å². The maximum absolute atomic E-state index is 10.5. The molecule has 0 saturated heterocycles. The number of likely N-dealkylation sites (N-methyl/N-ethyl adjacent to an activating group) is 1. The molecule has 0 aliphatic rings. The second kappa shape index (κ2) is 6.77. The maximum atomic E-state index is 10.5. The van der Waals surface area contributed by atoms with Crippen LogP contribution in [0.15, 0.2) is 42.5 Å². The van der Waals surface area contributed by atoms with Crippen molar-refractivity contribution in [3.8, 4) is 0 Å².